The molecule has 0 radical (unpaired) electrons. The van der Waals surface area contributed by atoms with Gasteiger partial charge >= 0.3 is 5.97 Å². The SMILES string of the molecule is C[C@@H]1COc2c(C3(N)CC3)c(F)cc3c(=O)c(C(=O)O)cn1c23. The molecule has 2 aromatic rings. The lowest BCUT2D eigenvalue weighted by Crippen LogP contribution is -2.30. The quantitative estimate of drug-likeness (QED) is 0.879. The number of hydrogen-bond acceptors (Lipinski definition) is 4. The zero-order valence-electron chi connectivity index (χ0n) is 12.4. The van der Waals surface area contributed by atoms with Crippen molar-refractivity contribution in [3.05, 3.63) is 39.4 Å². The number of nitrogens with two attached hydrogens (primary N) is 1. The molecule has 1 aliphatic heterocycles. The molecule has 2 aliphatic rings. The fraction of sp³-hybridized carbons (Fsp3) is 0.375. The average Bonchev–Trinajstić information content (AvgIpc) is 3.22. The standard InChI is InChI=1S/C16H15FN2O4/c1-7-6-23-14-11(16(18)2-3-16)10(17)4-8-12(14)19(7)5-9(13(8)20)15(21)22/h4-5,7H,2-3,6,18H2,1H3,(H,21,22)/t7-/m1/s1. The number of nitrogens with zero attached hydrogens (tertiary/aromatic N) is 1. The van der Waals surface area contributed by atoms with E-state index in [2.05, 4.69) is 0 Å². The zero-order chi connectivity index (χ0) is 16.5. The molecule has 6 nitrogen and oxygen atoms in total. The number of carboxylic acids is 1. The molecule has 120 valence electrons. The highest BCUT2D eigenvalue weighted by Crippen LogP contribution is 2.50. The van der Waals surface area contributed by atoms with Gasteiger partial charge < -0.3 is 20.1 Å². The first-order valence-corrected chi connectivity index (χ1v) is 7.40. The summed E-state index contributed by atoms with van der Waals surface area (Å²) in [6.07, 6.45) is 2.61. The maximum atomic E-state index is 14.6. The molecular weight excluding hydrogens is 303 g/mol. The molecule has 0 amide bonds. The third-order valence-electron chi connectivity index (χ3n) is 4.68. The predicted octanol–water partition coefficient (Wildman–Crippen LogP) is 1.74. The van der Waals surface area contributed by atoms with E-state index in [0.29, 0.717) is 18.4 Å². The molecule has 1 saturated carbocycles. The largest absolute Gasteiger partial charge is 0.489 e. The topological polar surface area (TPSA) is 94.6 Å². The number of carbonyl (C=O) groups is 1. The molecule has 0 saturated heterocycles. The second-order valence-electron chi connectivity index (χ2n) is 6.36. The van der Waals surface area contributed by atoms with Crippen molar-refractivity contribution in [2.45, 2.75) is 31.3 Å². The Morgan fingerprint density at radius 3 is 2.83 bits per heavy atom. The maximum absolute atomic E-state index is 14.6. The number of benzene rings is 1. The lowest BCUT2D eigenvalue weighted by atomic mass is 9.98. The van der Waals surface area contributed by atoms with Crippen LogP contribution in [0.25, 0.3) is 10.9 Å². The van der Waals surface area contributed by atoms with Crippen molar-refractivity contribution in [2.24, 2.45) is 5.73 Å². The first-order valence-electron chi connectivity index (χ1n) is 7.40. The number of aromatic nitrogens is 1. The Morgan fingerprint density at radius 1 is 1.52 bits per heavy atom. The van der Waals surface area contributed by atoms with Crippen molar-refractivity contribution in [1.29, 1.82) is 0 Å². The zero-order valence-corrected chi connectivity index (χ0v) is 12.4. The van der Waals surface area contributed by atoms with Crippen molar-refractivity contribution in [3.63, 3.8) is 0 Å². The van der Waals surface area contributed by atoms with Gasteiger partial charge in [-0.3, -0.25) is 4.79 Å². The first-order chi connectivity index (χ1) is 10.8. The van der Waals surface area contributed by atoms with Crippen LogP contribution in [0.2, 0.25) is 0 Å². The monoisotopic (exact) mass is 318 g/mol. The summed E-state index contributed by atoms with van der Waals surface area (Å²) in [5.41, 5.74) is 5.02. The van der Waals surface area contributed by atoms with Crippen LogP contribution >= 0.6 is 0 Å². The smallest absolute Gasteiger partial charge is 0.341 e. The van der Waals surface area contributed by atoms with E-state index in [1.807, 2.05) is 6.92 Å². The Balaban J connectivity index is 2.19. The van der Waals surface area contributed by atoms with E-state index in [1.165, 1.54) is 6.20 Å². The van der Waals surface area contributed by atoms with Crippen molar-refractivity contribution in [3.8, 4) is 5.75 Å². The van der Waals surface area contributed by atoms with Gasteiger partial charge in [0.15, 0.2) is 5.75 Å². The van der Waals surface area contributed by atoms with E-state index in [-0.39, 0.29) is 34.9 Å². The van der Waals surface area contributed by atoms with Gasteiger partial charge in [0.2, 0.25) is 5.43 Å². The van der Waals surface area contributed by atoms with Gasteiger partial charge in [-0.15, -0.1) is 0 Å². The van der Waals surface area contributed by atoms with Gasteiger partial charge in [-0.05, 0) is 25.8 Å². The summed E-state index contributed by atoms with van der Waals surface area (Å²) in [5.74, 6) is -1.68. The minimum atomic E-state index is -1.33. The minimum Gasteiger partial charge on any atom is -0.489 e. The van der Waals surface area contributed by atoms with Gasteiger partial charge in [-0.2, -0.15) is 0 Å². The van der Waals surface area contributed by atoms with E-state index in [9.17, 15) is 19.1 Å². The van der Waals surface area contributed by atoms with Crippen LogP contribution in [0.15, 0.2) is 17.1 Å². The average molecular weight is 318 g/mol. The normalized spacial score (nSPS) is 21.1. The molecular formula is C16H15FN2O4. The van der Waals surface area contributed by atoms with Crippen LogP contribution in [0.1, 0.15) is 41.7 Å². The summed E-state index contributed by atoms with van der Waals surface area (Å²) < 4.78 is 22.0. The summed E-state index contributed by atoms with van der Waals surface area (Å²) in [5, 5.41) is 9.23. The molecule has 0 spiro atoms. The van der Waals surface area contributed by atoms with Crippen LogP contribution in [0.3, 0.4) is 0 Å². The van der Waals surface area contributed by atoms with Crippen LogP contribution < -0.4 is 15.9 Å². The van der Waals surface area contributed by atoms with Gasteiger partial charge in [0.1, 0.15) is 18.0 Å². The van der Waals surface area contributed by atoms with Crippen LogP contribution in [0.5, 0.6) is 5.75 Å². The molecule has 0 unspecified atom stereocenters. The number of carboxylic acid groups (broad SMARTS) is 1. The fourth-order valence-corrected chi connectivity index (χ4v) is 3.23. The molecule has 2 heterocycles. The summed E-state index contributed by atoms with van der Waals surface area (Å²) >= 11 is 0. The van der Waals surface area contributed by atoms with Gasteiger partial charge in [0.25, 0.3) is 0 Å². The first kappa shape index (κ1) is 14.2. The summed E-state index contributed by atoms with van der Waals surface area (Å²) in [6, 6.07) is 0.920. The molecule has 1 aromatic carbocycles. The molecule has 3 N–H and O–H groups in total. The van der Waals surface area contributed by atoms with Gasteiger partial charge in [0, 0.05) is 11.7 Å². The lowest BCUT2D eigenvalue weighted by molar-refractivity contribution is 0.0694. The molecule has 7 heteroatoms. The molecule has 0 bridgehead atoms. The third-order valence-corrected chi connectivity index (χ3v) is 4.68. The van der Waals surface area contributed by atoms with Crippen LogP contribution in [0, 0.1) is 5.82 Å². The predicted molar refractivity (Wildman–Crippen MR) is 80.4 cm³/mol. The van der Waals surface area contributed by atoms with E-state index >= 15 is 0 Å². The molecule has 23 heavy (non-hydrogen) atoms. The summed E-state index contributed by atoms with van der Waals surface area (Å²) in [6.45, 7) is 2.10. The van der Waals surface area contributed by atoms with Crippen molar-refractivity contribution >= 4 is 16.9 Å². The summed E-state index contributed by atoms with van der Waals surface area (Å²) in [4.78, 5) is 23.7. The molecule has 4 rings (SSSR count). The highest BCUT2D eigenvalue weighted by Gasteiger charge is 2.46. The van der Waals surface area contributed by atoms with Crippen LogP contribution in [-0.2, 0) is 5.54 Å². The summed E-state index contributed by atoms with van der Waals surface area (Å²) in [7, 11) is 0. The highest BCUT2D eigenvalue weighted by atomic mass is 19.1. The van der Waals surface area contributed by atoms with E-state index in [0.717, 1.165) is 6.07 Å². The van der Waals surface area contributed by atoms with Gasteiger partial charge in [-0.25, -0.2) is 9.18 Å². The second-order valence-corrected chi connectivity index (χ2v) is 6.36. The number of pyridine rings is 1. The van der Waals surface area contributed by atoms with Crippen LogP contribution in [-0.4, -0.2) is 22.2 Å². The molecule has 1 fully saturated rings. The Hall–Kier alpha value is -2.41. The fourth-order valence-electron chi connectivity index (χ4n) is 3.23. The number of ether oxygens (including phenoxy) is 1. The van der Waals surface area contributed by atoms with Crippen LogP contribution in [0.4, 0.5) is 4.39 Å². The van der Waals surface area contributed by atoms with Crippen molar-refractivity contribution in [1.82, 2.24) is 4.57 Å². The third kappa shape index (κ3) is 1.83. The molecule has 1 atom stereocenters. The molecule has 1 aromatic heterocycles. The highest BCUT2D eigenvalue weighted by molar-refractivity contribution is 5.95. The van der Waals surface area contributed by atoms with E-state index in [4.69, 9.17) is 10.5 Å². The van der Waals surface area contributed by atoms with Gasteiger partial charge in [0.05, 0.1) is 22.5 Å². The Morgan fingerprint density at radius 2 is 2.22 bits per heavy atom. The lowest BCUT2D eigenvalue weighted by Gasteiger charge is -2.29. The second kappa shape index (κ2) is 4.32. The number of hydrogen-bond donors (Lipinski definition) is 2. The van der Waals surface area contributed by atoms with E-state index < -0.39 is 22.8 Å². The Labute approximate surface area is 130 Å². The maximum Gasteiger partial charge on any atom is 0.341 e. The van der Waals surface area contributed by atoms with Gasteiger partial charge in [-0.1, -0.05) is 0 Å². The number of rotatable bonds is 2. The van der Waals surface area contributed by atoms with Crippen molar-refractivity contribution < 1.29 is 19.0 Å². The Bertz CT molecular complexity index is 930. The van der Waals surface area contributed by atoms with E-state index in [1.54, 1.807) is 4.57 Å². The van der Waals surface area contributed by atoms with Crippen molar-refractivity contribution in [2.75, 3.05) is 6.61 Å². The molecule has 1 aliphatic carbocycles. The number of halogens is 1. The Kier molecular flexibility index (Phi) is 2.67. The number of aromatic carboxylic acids is 1. The minimum absolute atomic E-state index is 0.0111.